The minimum Gasteiger partial charge on any atom is -0.374 e. The highest BCUT2D eigenvalue weighted by Gasteiger charge is 2.13. The molecule has 1 atom stereocenters. The molecular formula is C25H31F3O. The lowest BCUT2D eigenvalue weighted by Gasteiger charge is -2.15. The highest BCUT2D eigenvalue weighted by Crippen LogP contribution is 2.27. The van der Waals surface area contributed by atoms with Gasteiger partial charge in [0.25, 0.3) is 0 Å². The van der Waals surface area contributed by atoms with Gasteiger partial charge in [0.2, 0.25) is 0 Å². The van der Waals surface area contributed by atoms with E-state index in [-0.39, 0.29) is 34.0 Å². The summed E-state index contributed by atoms with van der Waals surface area (Å²) in [5.41, 5.74) is 0.540. The molecule has 0 amide bonds. The Morgan fingerprint density at radius 2 is 1.31 bits per heavy atom. The summed E-state index contributed by atoms with van der Waals surface area (Å²) in [5, 5.41) is 0. The summed E-state index contributed by atoms with van der Waals surface area (Å²) in [6, 6.07) is 0. The Bertz CT molecular complexity index is 804. The van der Waals surface area contributed by atoms with Gasteiger partial charge in [-0.25, -0.2) is 13.2 Å². The molecule has 0 saturated carbocycles. The van der Waals surface area contributed by atoms with Crippen LogP contribution < -0.4 is 0 Å². The summed E-state index contributed by atoms with van der Waals surface area (Å²) in [5.74, 6) is -2.50. The maximum absolute atomic E-state index is 14.4. The third-order valence-electron chi connectivity index (χ3n) is 3.90. The second-order valence-corrected chi connectivity index (χ2v) is 7.19. The molecule has 0 saturated heterocycles. The molecule has 0 aromatic carbocycles. The van der Waals surface area contributed by atoms with Gasteiger partial charge < -0.3 is 4.74 Å². The third kappa shape index (κ3) is 8.97. The van der Waals surface area contributed by atoms with Crippen LogP contribution in [-0.4, -0.2) is 12.7 Å². The Morgan fingerprint density at radius 3 is 1.76 bits per heavy atom. The summed E-state index contributed by atoms with van der Waals surface area (Å²) >= 11 is 0. The Balaban J connectivity index is 5.12. The van der Waals surface area contributed by atoms with E-state index in [1.807, 2.05) is 13.8 Å². The van der Waals surface area contributed by atoms with E-state index in [0.717, 1.165) is 0 Å². The fraction of sp³-hybridized carbons (Fsp3) is 0.280. The van der Waals surface area contributed by atoms with E-state index >= 15 is 0 Å². The van der Waals surface area contributed by atoms with Gasteiger partial charge in [0.1, 0.15) is 5.83 Å². The van der Waals surface area contributed by atoms with Crippen LogP contribution in [-0.2, 0) is 4.74 Å². The lowest BCUT2D eigenvalue weighted by molar-refractivity contribution is 0.0715. The molecule has 0 aromatic heterocycles. The zero-order valence-electron chi connectivity index (χ0n) is 17.9. The van der Waals surface area contributed by atoms with Gasteiger partial charge >= 0.3 is 0 Å². The number of hydrogen-bond acceptors (Lipinski definition) is 1. The van der Waals surface area contributed by atoms with Crippen molar-refractivity contribution in [2.75, 3.05) is 6.61 Å². The van der Waals surface area contributed by atoms with E-state index in [9.17, 15) is 13.2 Å². The van der Waals surface area contributed by atoms with Crippen molar-refractivity contribution in [3.63, 3.8) is 0 Å². The molecule has 0 spiro atoms. The molecule has 4 heteroatoms. The van der Waals surface area contributed by atoms with Crippen molar-refractivity contribution in [2.45, 2.75) is 33.8 Å². The van der Waals surface area contributed by atoms with Crippen molar-refractivity contribution < 1.29 is 17.9 Å². The topological polar surface area (TPSA) is 9.23 Å². The third-order valence-corrected chi connectivity index (χ3v) is 3.90. The first-order valence-corrected chi connectivity index (χ1v) is 9.13. The summed E-state index contributed by atoms with van der Waals surface area (Å²) in [4.78, 5) is 0. The van der Waals surface area contributed by atoms with Gasteiger partial charge in [-0.15, -0.1) is 0 Å². The standard InChI is InChI=1S/C25H31F3O/c1-15(2)14-29-22(10)19(7)13-23(26)20(8)17(5)11-12-18(6)21(9)25(28)24(27)16(3)4/h11-13,15,22H,3,5-9,14H2,1-2,4,10H3/b12-11-,23-13+,25-24-. The van der Waals surface area contributed by atoms with Crippen molar-refractivity contribution in [2.24, 2.45) is 5.92 Å². The number of rotatable bonds is 12. The molecule has 0 fully saturated rings. The molecule has 0 heterocycles. The van der Waals surface area contributed by atoms with Gasteiger partial charge in [0, 0.05) is 17.8 Å². The van der Waals surface area contributed by atoms with Crippen LogP contribution in [0, 0.1) is 5.92 Å². The van der Waals surface area contributed by atoms with Gasteiger partial charge in [-0.1, -0.05) is 65.5 Å². The van der Waals surface area contributed by atoms with E-state index in [0.29, 0.717) is 18.1 Å². The van der Waals surface area contributed by atoms with Crippen LogP contribution in [0.25, 0.3) is 0 Å². The molecule has 158 valence electrons. The van der Waals surface area contributed by atoms with E-state index in [2.05, 4.69) is 39.5 Å². The van der Waals surface area contributed by atoms with Gasteiger partial charge in [0.15, 0.2) is 11.7 Å². The molecule has 29 heavy (non-hydrogen) atoms. The summed E-state index contributed by atoms with van der Waals surface area (Å²) in [7, 11) is 0. The first-order valence-electron chi connectivity index (χ1n) is 9.13. The van der Waals surface area contributed by atoms with Gasteiger partial charge in [-0.2, -0.15) is 0 Å². The predicted octanol–water partition coefficient (Wildman–Crippen LogP) is 7.96. The van der Waals surface area contributed by atoms with Crippen LogP contribution in [0.4, 0.5) is 13.2 Å². The highest BCUT2D eigenvalue weighted by molar-refractivity contribution is 5.53. The van der Waals surface area contributed by atoms with Crippen LogP contribution in [0.15, 0.2) is 109 Å². The second kappa shape index (κ2) is 12.1. The molecular weight excluding hydrogens is 373 g/mol. The first kappa shape index (κ1) is 26.4. The van der Waals surface area contributed by atoms with Gasteiger partial charge in [0.05, 0.1) is 6.10 Å². The molecule has 0 rings (SSSR count). The van der Waals surface area contributed by atoms with Gasteiger partial charge in [-0.05, 0) is 48.1 Å². The lowest BCUT2D eigenvalue weighted by atomic mass is 10.0. The Kier molecular flexibility index (Phi) is 11.0. The average Bonchev–Trinajstić information content (AvgIpc) is 2.66. The van der Waals surface area contributed by atoms with E-state index in [1.54, 1.807) is 6.92 Å². The summed E-state index contributed by atoms with van der Waals surface area (Å²) < 4.78 is 47.6. The normalized spacial score (nSPS) is 13.9. The summed E-state index contributed by atoms with van der Waals surface area (Å²) in [6.45, 7) is 29.4. The second-order valence-electron chi connectivity index (χ2n) is 7.19. The molecule has 0 bridgehead atoms. The van der Waals surface area contributed by atoms with Gasteiger partial charge in [-0.3, -0.25) is 0 Å². The first-order chi connectivity index (χ1) is 13.3. The Labute approximate surface area is 173 Å². The fourth-order valence-electron chi connectivity index (χ4n) is 1.83. The van der Waals surface area contributed by atoms with E-state index in [1.165, 1.54) is 25.2 Å². The molecule has 0 aromatic rings. The fourth-order valence-corrected chi connectivity index (χ4v) is 1.83. The maximum atomic E-state index is 14.4. The molecule has 0 radical (unpaired) electrons. The minimum atomic E-state index is -1.14. The minimum absolute atomic E-state index is 0.0287. The van der Waals surface area contributed by atoms with Crippen molar-refractivity contribution in [3.05, 3.63) is 109 Å². The average molecular weight is 405 g/mol. The van der Waals surface area contributed by atoms with E-state index < -0.39 is 17.5 Å². The Morgan fingerprint density at radius 1 is 0.828 bits per heavy atom. The lowest BCUT2D eigenvalue weighted by Crippen LogP contribution is -2.13. The van der Waals surface area contributed by atoms with Crippen molar-refractivity contribution in [3.8, 4) is 0 Å². The molecule has 1 unspecified atom stereocenters. The van der Waals surface area contributed by atoms with Crippen LogP contribution in [0.2, 0.25) is 0 Å². The molecule has 0 aliphatic rings. The number of halogens is 3. The predicted molar refractivity (Wildman–Crippen MR) is 118 cm³/mol. The smallest absolute Gasteiger partial charge is 0.166 e. The van der Waals surface area contributed by atoms with Crippen LogP contribution >= 0.6 is 0 Å². The molecule has 0 N–H and O–H groups in total. The van der Waals surface area contributed by atoms with E-state index in [4.69, 9.17) is 4.74 Å². The molecule has 1 nitrogen and oxygen atoms in total. The molecule has 0 aliphatic heterocycles. The van der Waals surface area contributed by atoms with Crippen LogP contribution in [0.5, 0.6) is 0 Å². The summed E-state index contributed by atoms with van der Waals surface area (Å²) in [6.07, 6.45) is 3.65. The van der Waals surface area contributed by atoms with Crippen LogP contribution in [0.3, 0.4) is 0 Å². The zero-order chi connectivity index (χ0) is 22.9. The van der Waals surface area contributed by atoms with Crippen molar-refractivity contribution >= 4 is 0 Å². The number of allylic oxidation sites excluding steroid dienone is 10. The number of ether oxygens (including phenoxy) is 1. The quantitative estimate of drug-likeness (QED) is 0.300. The van der Waals surface area contributed by atoms with Crippen molar-refractivity contribution in [1.29, 1.82) is 0 Å². The molecule has 0 aliphatic carbocycles. The Hall–Kier alpha value is -2.59. The van der Waals surface area contributed by atoms with Crippen molar-refractivity contribution in [1.82, 2.24) is 0 Å². The highest BCUT2D eigenvalue weighted by atomic mass is 19.2. The van der Waals surface area contributed by atoms with Crippen LogP contribution in [0.1, 0.15) is 27.7 Å². The maximum Gasteiger partial charge on any atom is 0.166 e. The largest absolute Gasteiger partial charge is 0.374 e. The zero-order valence-corrected chi connectivity index (χ0v) is 17.9. The monoisotopic (exact) mass is 404 g/mol. The SMILES string of the molecule is C=C(/C=C\C(=C)C(=C)/C(F)=C\C(=C)C(C)OCC(C)C)C(=C)/C(F)=C(/F)C(=C)C. The number of hydrogen-bond donors (Lipinski definition) is 0.